The molecule has 0 unspecified atom stereocenters. The summed E-state index contributed by atoms with van der Waals surface area (Å²) in [6, 6.07) is 3.25. The van der Waals surface area contributed by atoms with E-state index >= 15 is 0 Å². The summed E-state index contributed by atoms with van der Waals surface area (Å²) in [5.41, 5.74) is 1.55. The lowest BCUT2D eigenvalue weighted by Gasteiger charge is -2.06. The Morgan fingerprint density at radius 2 is 1.82 bits per heavy atom. The molecule has 2 aromatic rings. The molecule has 0 aliphatic rings. The van der Waals surface area contributed by atoms with Gasteiger partial charge in [0.25, 0.3) is 0 Å². The third kappa shape index (κ3) is 2.26. The van der Waals surface area contributed by atoms with Crippen molar-refractivity contribution < 1.29 is 8.78 Å². The molecule has 0 bridgehead atoms. The highest BCUT2D eigenvalue weighted by molar-refractivity contribution is 6.30. The maximum Gasteiger partial charge on any atom is 0.164 e. The summed E-state index contributed by atoms with van der Waals surface area (Å²) in [4.78, 5) is 8.12. The first-order valence-corrected chi connectivity index (χ1v) is 5.33. The number of benzene rings is 1. The lowest BCUT2D eigenvalue weighted by atomic mass is 10.2. The largest absolute Gasteiger partial charge is 0.233 e. The highest BCUT2D eigenvalue weighted by Crippen LogP contribution is 2.24. The van der Waals surface area contributed by atoms with Crippen LogP contribution in [0.3, 0.4) is 0 Å². The minimum absolute atomic E-state index is 0.136. The van der Waals surface area contributed by atoms with Crippen LogP contribution in [0.15, 0.2) is 18.2 Å². The Labute approximate surface area is 102 Å². The average molecular weight is 255 g/mol. The molecule has 1 aromatic heterocycles. The summed E-state index contributed by atoms with van der Waals surface area (Å²) in [7, 11) is 0. The predicted octanol–water partition coefficient (Wildman–Crippen LogP) is 3.69. The van der Waals surface area contributed by atoms with E-state index in [4.69, 9.17) is 11.6 Å². The SMILES string of the molecule is Cc1nc(-c2ccc(F)cc2F)nc(Cl)c1C. The molecule has 0 amide bonds. The quantitative estimate of drug-likeness (QED) is 0.726. The Morgan fingerprint density at radius 3 is 2.41 bits per heavy atom. The minimum atomic E-state index is -0.704. The average Bonchev–Trinajstić information content (AvgIpc) is 2.25. The van der Waals surface area contributed by atoms with E-state index in [2.05, 4.69) is 9.97 Å². The van der Waals surface area contributed by atoms with E-state index in [1.165, 1.54) is 6.07 Å². The molecule has 0 aliphatic carbocycles. The third-order valence-electron chi connectivity index (χ3n) is 2.50. The van der Waals surface area contributed by atoms with Crippen molar-refractivity contribution in [2.75, 3.05) is 0 Å². The lowest BCUT2D eigenvalue weighted by molar-refractivity contribution is 0.585. The number of nitrogens with zero attached hydrogens (tertiary/aromatic N) is 2. The van der Waals surface area contributed by atoms with Crippen LogP contribution in [0, 0.1) is 25.5 Å². The fourth-order valence-corrected chi connectivity index (χ4v) is 1.60. The number of aryl methyl sites for hydroxylation is 1. The smallest absolute Gasteiger partial charge is 0.164 e. The van der Waals surface area contributed by atoms with Crippen LogP contribution in [0.1, 0.15) is 11.3 Å². The van der Waals surface area contributed by atoms with E-state index in [0.717, 1.165) is 17.7 Å². The second-order valence-electron chi connectivity index (χ2n) is 3.67. The number of rotatable bonds is 1. The van der Waals surface area contributed by atoms with Crippen molar-refractivity contribution >= 4 is 11.6 Å². The highest BCUT2D eigenvalue weighted by atomic mass is 35.5. The van der Waals surface area contributed by atoms with Crippen molar-refractivity contribution in [1.29, 1.82) is 0 Å². The molecule has 0 aliphatic heterocycles. The van der Waals surface area contributed by atoms with Gasteiger partial charge >= 0.3 is 0 Å². The van der Waals surface area contributed by atoms with E-state index in [0.29, 0.717) is 5.69 Å². The summed E-state index contributed by atoms with van der Waals surface area (Å²) >= 11 is 5.90. The van der Waals surface area contributed by atoms with Crippen LogP contribution in [-0.4, -0.2) is 9.97 Å². The summed E-state index contributed by atoms with van der Waals surface area (Å²) < 4.78 is 26.3. The van der Waals surface area contributed by atoms with Crippen LogP contribution in [0.2, 0.25) is 5.15 Å². The molecule has 0 fully saturated rings. The van der Waals surface area contributed by atoms with Gasteiger partial charge in [0, 0.05) is 17.3 Å². The topological polar surface area (TPSA) is 25.8 Å². The molecule has 0 radical (unpaired) electrons. The van der Waals surface area contributed by atoms with Gasteiger partial charge in [0.2, 0.25) is 0 Å². The molecule has 5 heteroatoms. The minimum Gasteiger partial charge on any atom is -0.233 e. The summed E-state index contributed by atoms with van der Waals surface area (Å²) in [5.74, 6) is -1.18. The Morgan fingerprint density at radius 1 is 1.12 bits per heavy atom. The zero-order chi connectivity index (χ0) is 12.6. The second kappa shape index (κ2) is 4.37. The first-order valence-electron chi connectivity index (χ1n) is 4.95. The molecule has 17 heavy (non-hydrogen) atoms. The van der Waals surface area contributed by atoms with Crippen LogP contribution >= 0.6 is 11.6 Å². The van der Waals surface area contributed by atoms with Gasteiger partial charge in [0.15, 0.2) is 5.82 Å². The third-order valence-corrected chi connectivity index (χ3v) is 2.87. The lowest BCUT2D eigenvalue weighted by Crippen LogP contribution is -1.98. The van der Waals surface area contributed by atoms with Gasteiger partial charge in [0.05, 0.1) is 5.56 Å². The van der Waals surface area contributed by atoms with E-state index in [1.54, 1.807) is 13.8 Å². The fraction of sp³-hybridized carbons (Fsp3) is 0.167. The fourth-order valence-electron chi connectivity index (χ4n) is 1.39. The Kier molecular flexibility index (Phi) is 3.07. The van der Waals surface area contributed by atoms with Crippen molar-refractivity contribution in [2.24, 2.45) is 0 Å². The Hall–Kier alpha value is -1.55. The Bertz CT molecular complexity index is 562. The van der Waals surface area contributed by atoms with Gasteiger partial charge < -0.3 is 0 Å². The van der Waals surface area contributed by atoms with Gasteiger partial charge in [-0.1, -0.05) is 11.6 Å². The zero-order valence-electron chi connectivity index (χ0n) is 9.26. The van der Waals surface area contributed by atoms with Gasteiger partial charge in [-0.2, -0.15) is 0 Å². The van der Waals surface area contributed by atoms with Crippen LogP contribution in [0.25, 0.3) is 11.4 Å². The molecule has 2 rings (SSSR count). The van der Waals surface area contributed by atoms with Crippen molar-refractivity contribution in [3.05, 3.63) is 46.2 Å². The normalized spacial score (nSPS) is 10.6. The number of halogens is 3. The molecule has 0 N–H and O–H groups in total. The van der Waals surface area contributed by atoms with Crippen LogP contribution in [0.4, 0.5) is 8.78 Å². The molecular weight excluding hydrogens is 246 g/mol. The predicted molar refractivity (Wildman–Crippen MR) is 61.9 cm³/mol. The van der Waals surface area contributed by atoms with E-state index < -0.39 is 11.6 Å². The first kappa shape index (κ1) is 11.9. The van der Waals surface area contributed by atoms with Crippen LogP contribution in [0.5, 0.6) is 0 Å². The molecule has 88 valence electrons. The molecule has 0 spiro atoms. The van der Waals surface area contributed by atoms with E-state index in [1.807, 2.05) is 0 Å². The molecule has 0 saturated carbocycles. The van der Waals surface area contributed by atoms with Gasteiger partial charge in [-0.15, -0.1) is 0 Å². The molecule has 1 aromatic carbocycles. The monoisotopic (exact) mass is 254 g/mol. The van der Waals surface area contributed by atoms with Gasteiger partial charge in [0.1, 0.15) is 16.8 Å². The molecule has 0 saturated heterocycles. The van der Waals surface area contributed by atoms with Gasteiger partial charge in [-0.3, -0.25) is 0 Å². The molecule has 2 nitrogen and oxygen atoms in total. The summed E-state index contributed by atoms with van der Waals surface area (Å²) in [6.07, 6.45) is 0. The molecular formula is C12H9ClF2N2. The number of hydrogen-bond acceptors (Lipinski definition) is 2. The van der Waals surface area contributed by atoms with Gasteiger partial charge in [-0.25, -0.2) is 18.7 Å². The first-order chi connectivity index (χ1) is 7.99. The van der Waals surface area contributed by atoms with E-state index in [9.17, 15) is 8.78 Å². The van der Waals surface area contributed by atoms with Crippen molar-refractivity contribution in [2.45, 2.75) is 13.8 Å². The number of hydrogen-bond donors (Lipinski definition) is 0. The van der Waals surface area contributed by atoms with Crippen molar-refractivity contribution in [1.82, 2.24) is 9.97 Å². The maximum atomic E-state index is 13.5. The van der Waals surface area contributed by atoms with Gasteiger partial charge in [-0.05, 0) is 26.0 Å². The molecule has 0 atom stereocenters. The second-order valence-corrected chi connectivity index (χ2v) is 4.03. The standard InChI is InChI=1S/C12H9ClF2N2/c1-6-7(2)16-12(17-11(6)13)9-4-3-8(14)5-10(9)15/h3-5H,1-2H3. The van der Waals surface area contributed by atoms with Crippen molar-refractivity contribution in [3.8, 4) is 11.4 Å². The summed E-state index contributed by atoms with van der Waals surface area (Å²) in [6.45, 7) is 3.54. The van der Waals surface area contributed by atoms with Crippen LogP contribution < -0.4 is 0 Å². The van der Waals surface area contributed by atoms with Crippen molar-refractivity contribution in [3.63, 3.8) is 0 Å². The zero-order valence-corrected chi connectivity index (χ0v) is 10.0. The summed E-state index contributed by atoms with van der Waals surface area (Å²) in [5, 5.41) is 0.274. The number of aromatic nitrogens is 2. The van der Waals surface area contributed by atoms with E-state index in [-0.39, 0.29) is 16.5 Å². The highest BCUT2D eigenvalue weighted by Gasteiger charge is 2.12. The maximum absolute atomic E-state index is 13.5. The van der Waals surface area contributed by atoms with Crippen LogP contribution in [-0.2, 0) is 0 Å². The molecule has 1 heterocycles. The Balaban J connectivity index is 2.61.